The van der Waals surface area contributed by atoms with Crippen LogP contribution in [-0.2, 0) is 21.6 Å². The van der Waals surface area contributed by atoms with Crippen molar-refractivity contribution in [3.63, 3.8) is 0 Å². The topological polar surface area (TPSA) is 89.4 Å². The zero-order chi connectivity index (χ0) is 13.1. The molecule has 0 bridgehead atoms. The smallest absolute Gasteiger partial charge is 0.0848 e. The molecule has 1 saturated carbocycles. The largest absolute Gasteiger partial charge is 1.00 e. The van der Waals surface area contributed by atoms with E-state index in [-0.39, 0.29) is 24.8 Å². The summed E-state index contributed by atoms with van der Waals surface area (Å²) in [6.45, 7) is 0. The molecule has 6 N–H and O–H groups in total. The van der Waals surface area contributed by atoms with Gasteiger partial charge in [0.2, 0.25) is 0 Å². The number of halogens is 2. The van der Waals surface area contributed by atoms with Crippen LogP contribution in [0.3, 0.4) is 0 Å². The second-order valence-electron chi connectivity index (χ2n) is 4.37. The molecule has 0 radical (unpaired) electrons. The van der Waals surface area contributed by atoms with Gasteiger partial charge in [-0.05, 0) is 0 Å². The standard InChI is InChI=1S/C6H14N2.2C2H6OS.2ClH/c7-5-1-2-6(8)4-3-5;2*1-4(2)3;;/h5-6H,1-4,7-8H2;2*1-2H3;2*1H. The van der Waals surface area contributed by atoms with Gasteiger partial charge in [0.1, 0.15) is 0 Å². The van der Waals surface area contributed by atoms with Crippen molar-refractivity contribution in [1.82, 2.24) is 0 Å². The van der Waals surface area contributed by atoms with Crippen LogP contribution in [0.15, 0.2) is 0 Å². The van der Waals surface area contributed by atoms with Crippen LogP contribution >= 0.6 is 0 Å². The zero-order valence-electron chi connectivity index (χ0n) is 11.8. The molecule has 0 amide bonds. The molecule has 0 atom stereocenters. The van der Waals surface area contributed by atoms with Crippen LogP contribution < -0.4 is 36.3 Å². The van der Waals surface area contributed by atoms with Gasteiger partial charge in [0, 0.05) is 72.3 Å². The summed E-state index contributed by atoms with van der Waals surface area (Å²) < 4.78 is 19.1. The predicted octanol–water partition coefficient (Wildman–Crippen LogP) is -7.22. The molecule has 1 aliphatic carbocycles. The molecular weight excluding hydrogens is 315 g/mol. The van der Waals surface area contributed by atoms with E-state index in [1.54, 1.807) is 25.0 Å². The maximum absolute atomic E-state index is 9.56. The maximum atomic E-state index is 9.56. The number of rotatable bonds is 0. The molecule has 1 rings (SSSR count). The first-order valence-electron chi connectivity index (χ1n) is 5.42. The van der Waals surface area contributed by atoms with Crippen LogP contribution in [0.2, 0.25) is 0 Å². The molecule has 8 heteroatoms. The van der Waals surface area contributed by atoms with Crippen molar-refractivity contribution < 1.29 is 44.7 Å². The Morgan fingerprint density at radius 3 is 0.944 bits per heavy atom. The zero-order valence-corrected chi connectivity index (χ0v) is 14.9. The number of hydrogen-bond acceptors (Lipinski definition) is 2. The van der Waals surface area contributed by atoms with Crippen LogP contribution in [-0.4, -0.2) is 45.5 Å². The van der Waals surface area contributed by atoms with E-state index < -0.39 is 21.6 Å². The van der Waals surface area contributed by atoms with Crippen molar-refractivity contribution in [2.75, 3.05) is 25.0 Å². The molecule has 4 nitrogen and oxygen atoms in total. The van der Waals surface area contributed by atoms with Crippen molar-refractivity contribution in [2.45, 2.75) is 37.8 Å². The van der Waals surface area contributed by atoms with Crippen LogP contribution in [0.25, 0.3) is 0 Å². The highest BCUT2D eigenvalue weighted by Gasteiger charge is 2.18. The lowest BCUT2D eigenvalue weighted by Gasteiger charge is -2.17. The van der Waals surface area contributed by atoms with Gasteiger partial charge in [-0.15, -0.1) is 0 Å². The van der Waals surface area contributed by atoms with E-state index in [2.05, 4.69) is 11.5 Å². The first-order chi connectivity index (χ1) is 7.25. The quantitative estimate of drug-likeness (QED) is 0.458. The van der Waals surface area contributed by atoms with Gasteiger partial charge in [-0.3, -0.25) is 8.42 Å². The van der Waals surface area contributed by atoms with E-state index in [1.807, 2.05) is 0 Å². The summed E-state index contributed by atoms with van der Waals surface area (Å²) in [5.41, 5.74) is 8.01. The van der Waals surface area contributed by atoms with E-state index >= 15 is 0 Å². The molecule has 0 spiro atoms. The van der Waals surface area contributed by atoms with Crippen molar-refractivity contribution in [3.8, 4) is 0 Å². The summed E-state index contributed by atoms with van der Waals surface area (Å²) in [6, 6.07) is 1.46. The fraction of sp³-hybridized carbons (Fsp3) is 1.00. The normalized spacial score (nSPS) is 21.6. The first-order valence-corrected chi connectivity index (χ1v) is 9.35. The molecule has 0 aromatic carbocycles. The lowest BCUT2D eigenvalue weighted by Crippen LogP contribution is -3.00. The monoisotopic (exact) mass is 342 g/mol. The molecule has 0 unspecified atom stereocenters. The molecule has 18 heavy (non-hydrogen) atoms. The second-order valence-corrected chi connectivity index (χ2v) is 7.34. The fourth-order valence-corrected chi connectivity index (χ4v) is 1.23. The van der Waals surface area contributed by atoms with Crippen molar-refractivity contribution in [3.05, 3.63) is 0 Å². The lowest BCUT2D eigenvalue weighted by molar-refractivity contribution is -0.460. The Kier molecular flexibility index (Phi) is 26.9. The van der Waals surface area contributed by atoms with Gasteiger partial charge in [0.15, 0.2) is 0 Å². The van der Waals surface area contributed by atoms with Gasteiger partial charge >= 0.3 is 0 Å². The summed E-state index contributed by atoms with van der Waals surface area (Å²) in [5.74, 6) is 0. The highest BCUT2D eigenvalue weighted by molar-refractivity contribution is 7.83. The Hall–Kier alpha value is 0.800. The summed E-state index contributed by atoms with van der Waals surface area (Å²) in [5, 5.41) is 0. The first kappa shape index (κ1) is 27.2. The van der Waals surface area contributed by atoms with Crippen LogP contribution in [0.4, 0.5) is 0 Å². The molecule has 1 aliphatic rings. The van der Waals surface area contributed by atoms with Crippen LogP contribution in [0.5, 0.6) is 0 Å². The summed E-state index contributed by atoms with van der Waals surface area (Å²) in [4.78, 5) is 0. The van der Waals surface area contributed by atoms with Crippen LogP contribution in [0, 0.1) is 0 Å². The molecule has 0 aliphatic heterocycles. The second kappa shape index (κ2) is 17.8. The van der Waals surface area contributed by atoms with Gasteiger partial charge < -0.3 is 36.3 Å². The van der Waals surface area contributed by atoms with E-state index in [0.29, 0.717) is 0 Å². The number of hydrogen-bond donors (Lipinski definition) is 2. The predicted molar refractivity (Wildman–Crippen MR) is 71.8 cm³/mol. The van der Waals surface area contributed by atoms with Gasteiger partial charge in [-0.2, -0.15) is 0 Å². The average Bonchev–Trinajstić information content (AvgIpc) is 2.08. The van der Waals surface area contributed by atoms with Crippen LogP contribution in [0.1, 0.15) is 25.7 Å². The Balaban J connectivity index is -0.0000000860. The minimum Gasteiger partial charge on any atom is -1.00 e. The van der Waals surface area contributed by atoms with Crippen molar-refractivity contribution >= 4 is 21.6 Å². The van der Waals surface area contributed by atoms with Crippen molar-refractivity contribution in [2.24, 2.45) is 0 Å². The van der Waals surface area contributed by atoms with Crippen molar-refractivity contribution in [1.29, 1.82) is 0 Å². The Morgan fingerprint density at radius 1 is 0.722 bits per heavy atom. The van der Waals surface area contributed by atoms with Gasteiger partial charge in [0.05, 0.1) is 12.1 Å². The average molecular weight is 343 g/mol. The minimum absolute atomic E-state index is 0. The van der Waals surface area contributed by atoms with Gasteiger partial charge in [-0.1, -0.05) is 0 Å². The highest BCUT2D eigenvalue weighted by Crippen LogP contribution is 2.11. The molecule has 0 aromatic heterocycles. The summed E-state index contributed by atoms with van der Waals surface area (Å²) in [6.07, 6.45) is 11.8. The Bertz CT molecular complexity index is 184. The van der Waals surface area contributed by atoms with E-state index in [9.17, 15) is 8.42 Å². The Labute approximate surface area is 129 Å². The minimum atomic E-state index is -0.611. The third-order valence-corrected chi connectivity index (χ3v) is 1.97. The summed E-state index contributed by atoms with van der Waals surface area (Å²) >= 11 is 0. The maximum Gasteiger partial charge on any atom is 0.0848 e. The van der Waals surface area contributed by atoms with Gasteiger partial charge in [0.25, 0.3) is 0 Å². The molecule has 0 saturated heterocycles. The Morgan fingerprint density at radius 2 is 0.833 bits per heavy atom. The third kappa shape index (κ3) is 36.0. The summed E-state index contributed by atoms with van der Waals surface area (Å²) in [7, 11) is -1.22. The van der Waals surface area contributed by atoms with E-state index in [1.165, 1.54) is 25.7 Å². The highest BCUT2D eigenvalue weighted by atomic mass is 35.5. The molecule has 116 valence electrons. The van der Waals surface area contributed by atoms with E-state index in [0.717, 1.165) is 12.1 Å². The molecule has 0 aromatic rings. The SMILES string of the molecule is CS(C)=O.CS(C)=O.[Cl-].[Cl-].[NH3+]C1CCC([NH3+])CC1. The molecule has 1 fully saturated rings. The molecular formula is C10H28Cl2N2O2S2. The third-order valence-electron chi connectivity index (χ3n) is 1.97. The molecule has 0 heterocycles. The lowest BCUT2D eigenvalue weighted by atomic mass is 9.93. The van der Waals surface area contributed by atoms with Gasteiger partial charge in [-0.25, -0.2) is 0 Å². The number of quaternary nitrogens is 2. The fourth-order valence-electron chi connectivity index (χ4n) is 1.23. The van der Waals surface area contributed by atoms with E-state index in [4.69, 9.17) is 0 Å².